The Kier molecular flexibility index (Phi) is 4.03. The van der Waals surface area contributed by atoms with Gasteiger partial charge in [-0.05, 0) is 37.0 Å². The van der Waals surface area contributed by atoms with Gasteiger partial charge in [0.15, 0.2) is 0 Å². The minimum absolute atomic E-state index is 0.00824. The molecule has 0 heterocycles. The molecule has 0 spiro atoms. The van der Waals surface area contributed by atoms with Crippen LogP contribution in [-0.4, -0.2) is 12.5 Å². The maximum absolute atomic E-state index is 11.8. The number of rotatable bonds is 3. The first-order valence-electron chi connectivity index (χ1n) is 5.39. The molecule has 86 valence electrons. The van der Waals surface area contributed by atoms with E-state index in [9.17, 15) is 4.79 Å². The Bertz CT molecular complexity index is 382. The third-order valence-electron chi connectivity index (χ3n) is 2.90. The Hall–Kier alpha value is -0.350. The van der Waals surface area contributed by atoms with Crippen molar-refractivity contribution in [3.63, 3.8) is 0 Å². The molecule has 0 atom stereocenters. The molecule has 0 bridgehead atoms. The molecule has 0 unspecified atom stereocenters. The average Bonchev–Trinajstić information content (AvgIpc) is 2.13. The molecule has 0 aliphatic heterocycles. The van der Waals surface area contributed by atoms with Gasteiger partial charge in [-0.15, -0.1) is 0 Å². The van der Waals surface area contributed by atoms with Crippen molar-refractivity contribution in [2.75, 3.05) is 6.54 Å². The smallest absolute Gasteiger partial charge is 0.251 e. The topological polar surface area (TPSA) is 29.1 Å². The molecule has 1 aliphatic carbocycles. The van der Waals surface area contributed by atoms with Crippen molar-refractivity contribution in [1.82, 2.24) is 5.32 Å². The first-order chi connectivity index (χ1) is 7.65. The van der Waals surface area contributed by atoms with Gasteiger partial charge in [-0.1, -0.05) is 38.3 Å². The van der Waals surface area contributed by atoms with Gasteiger partial charge in [0, 0.05) is 21.1 Å². The van der Waals surface area contributed by atoms with Crippen LogP contribution in [0, 0.1) is 5.92 Å². The second-order valence-electron chi connectivity index (χ2n) is 4.17. The quantitative estimate of drug-likeness (QED) is 0.887. The summed E-state index contributed by atoms with van der Waals surface area (Å²) in [5.41, 5.74) is 0.695. The summed E-state index contributed by atoms with van der Waals surface area (Å²) in [6.45, 7) is 0.808. The first kappa shape index (κ1) is 12.1. The highest BCUT2D eigenvalue weighted by Gasteiger charge is 2.18. The molecule has 0 aromatic heterocycles. The molecule has 1 aromatic carbocycles. The molecule has 4 heteroatoms. The molecule has 16 heavy (non-hydrogen) atoms. The second-order valence-corrected chi connectivity index (χ2v) is 6.00. The monoisotopic (exact) mass is 345 g/mol. The lowest BCUT2D eigenvalue weighted by Crippen LogP contribution is -2.32. The summed E-state index contributed by atoms with van der Waals surface area (Å²) in [4.78, 5) is 11.8. The van der Waals surface area contributed by atoms with E-state index in [-0.39, 0.29) is 5.91 Å². The molecule has 1 fully saturated rings. The van der Waals surface area contributed by atoms with E-state index in [0.717, 1.165) is 15.5 Å². The van der Waals surface area contributed by atoms with E-state index in [1.165, 1.54) is 19.3 Å². The van der Waals surface area contributed by atoms with Crippen molar-refractivity contribution in [2.24, 2.45) is 5.92 Å². The highest BCUT2D eigenvalue weighted by Crippen LogP contribution is 2.25. The molecule has 2 nitrogen and oxygen atoms in total. The Balaban J connectivity index is 1.96. The lowest BCUT2D eigenvalue weighted by molar-refractivity contribution is 0.0939. The zero-order chi connectivity index (χ0) is 11.5. The predicted molar refractivity (Wildman–Crippen MR) is 71.5 cm³/mol. The van der Waals surface area contributed by atoms with E-state index in [2.05, 4.69) is 37.2 Å². The molecule has 1 aliphatic rings. The van der Waals surface area contributed by atoms with Crippen molar-refractivity contribution in [1.29, 1.82) is 0 Å². The lowest BCUT2D eigenvalue weighted by Gasteiger charge is -2.25. The van der Waals surface area contributed by atoms with Crippen LogP contribution in [0.15, 0.2) is 27.1 Å². The minimum Gasteiger partial charge on any atom is -0.352 e. The van der Waals surface area contributed by atoms with E-state index < -0.39 is 0 Å². The Morgan fingerprint density at radius 1 is 1.25 bits per heavy atom. The van der Waals surface area contributed by atoms with Crippen LogP contribution >= 0.6 is 31.9 Å². The molecule has 0 radical (unpaired) electrons. The minimum atomic E-state index is 0.00824. The van der Waals surface area contributed by atoms with Crippen molar-refractivity contribution >= 4 is 37.8 Å². The molecule has 2 rings (SSSR count). The van der Waals surface area contributed by atoms with Gasteiger partial charge in [-0.25, -0.2) is 0 Å². The first-order valence-corrected chi connectivity index (χ1v) is 6.98. The molecule has 1 amide bonds. The van der Waals surface area contributed by atoms with Crippen molar-refractivity contribution in [3.05, 3.63) is 32.7 Å². The van der Waals surface area contributed by atoms with Gasteiger partial charge in [0.05, 0.1) is 0 Å². The number of amides is 1. The fourth-order valence-electron chi connectivity index (χ4n) is 1.72. The third-order valence-corrected chi connectivity index (χ3v) is 3.82. The van der Waals surface area contributed by atoms with Crippen LogP contribution in [-0.2, 0) is 0 Å². The fraction of sp³-hybridized carbons (Fsp3) is 0.417. The molecule has 1 saturated carbocycles. The zero-order valence-electron chi connectivity index (χ0n) is 8.80. The molecule has 1 N–H and O–H groups in total. The number of carbonyl (C=O) groups is 1. The highest BCUT2D eigenvalue weighted by atomic mass is 79.9. The van der Waals surface area contributed by atoms with Crippen LogP contribution in [0.25, 0.3) is 0 Å². The number of benzene rings is 1. The number of hydrogen-bond acceptors (Lipinski definition) is 1. The molecular formula is C12H13Br2NO. The summed E-state index contributed by atoms with van der Waals surface area (Å²) in [5.74, 6) is 0.702. The summed E-state index contributed by atoms with van der Waals surface area (Å²) in [6.07, 6.45) is 3.81. The molecule has 0 saturated heterocycles. The van der Waals surface area contributed by atoms with Crippen LogP contribution in [0.2, 0.25) is 0 Å². The summed E-state index contributed by atoms with van der Waals surface area (Å²) >= 11 is 6.75. The van der Waals surface area contributed by atoms with Crippen molar-refractivity contribution in [2.45, 2.75) is 19.3 Å². The summed E-state index contributed by atoms with van der Waals surface area (Å²) in [6, 6.07) is 5.59. The number of carbonyl (C=O) groups excluding carboxylic acids is 1. The summed E-state index contributed by atoms with van der Waals surface area (Å²) in [7, 11) is 0. The van der Waals surface area contributed by atoms with Crippen LogP contribution in [0.5, 0.6) is 0 Å². The van der Waals surface area contributed by atoms with Gasteiger partial charge < -0.3 is 5.32 Å². The summed E-state index contributed by atoms with van der Waals surface area (Å²) in [5, 5.41) is 2.97. The van der Waals surface area contributed by atoms with Gasteiger partial charge >= 0.3 is 0 Å². The van der Waals surface area contributed by atoms with E-state index in [1.54, 1.807) is 0 Å². The largest absolute Gasteiger partial charge is 0.352 e. The maximum Gasteiger partial charge on any atom is 0.251 e. The predicted octanol–water partition coefficient (Wildman–Crippen LogP) is 3.74. The second kappa shape index (κ2) is 5.32. The van der Waals surface area contributed by atoms with Gasteiger partial charge in [0.2, 0.25) is 0 Å². The normalized spacial score (nSPS) is 15.6. The third kappa shape index (κ3) is 3.08. The number of halogens is 2. The van der Waals surface area contributed by atoms with Crippen LogP contribution in [0.1, 0.15) is 29.6 Å². The van der Waals surface area contributed by atoms with E-state index >= 15 is 0 Å². The number of nitrogens with one attached hydrogen (secondary N) is 1. The van der Waals surface area contributed by atoms with Crippen LogP contribution < -0.4 is 5.32 Å². The Morgan fingerprint density at radius 2 is 1.88 bits per heavy atom. The standard InChI is InChI=1S/C12H13Br2NO/c13-10-4-9(5-11(14)6-10)12(16)15-7-8-2-1-3-8/h4-6,8H,1-3,7H2,(H,15,16). The van der Waals surface area contributed by atoms with Crippen molar-refractivity contribution < 1.29 is 4.79 Å². The van der Waals surface area contributed by atoms with Gasteiger partial charge in [0.25, 0.3) is 5.91 Å². The van der Waals surface area contributed by atoms with Crippen LogP contribution in [0.3, 0.4) is 0 Å². The van der Waals surface area contributed by atoms with Gasteiger partial charge in [0.1, 0.15) is 0 Å². The highest BCUT2D eigenvalue weighted by molar-refractivity contribution is 9.11. The summed E-state index contributed by atoms with van der Waals surface area (Å²) < 4.78 is 1.83. The SMILES string of the molecule is O=C(NCC1CCC1)c1cc(Br)cc(Br)c1. The Labute approximate surface area is 112 Å². The van der Waals surface area contributed by atoms with Gasteiger partial charge in [-0.3, -0.25) is 4.79 Å². The average molecular weight is 347 g/mol. The van der Waals surface area contributed by atoms with Gasteiger partial charge in [-0.2, -0.15) is 0 Å². The van der Waals surface area contributed by atoms with E-state index in [0.29, 0.717) is 11.5 Å². The fourth-order valence-corrected chi connectivity index (χ4v) is 3.01. The van der Waals surface area contributed by atoms with Crippen molar-refractivity contribution in [3.8, 4) is 0 Å². The zero-order valence-corrected chi connectivity index (χ0v) is 12.0. The lowest BCUT2D eigenvalue weighted by atomic mass is 9.85. The number of hydrogen-bond donors (Lipinski definition) is 1. The molecule has 1 aromatic rings. The Morgan fingerprint density at radius 3 is 2.38 bits per heavy atom. The van der Waals surface area contributed by atoms with E-state index in [4.69, 9.17) is 0 Å². The maximum atomic E-state index is 11.8. The van der Waals surface area contributed by atoms with E-state index in [1.807, 2.05) is 18.2 Å². The van der Waals surface area contributed by atoms with Crippen LogP contribution in [0.4, 0.5) is 0 Å². The molecular weight excluding hydrogens is 334 g/mol.